The van der Waals surface area contributed by atoms with Crippen molar-refractivity contribution in [2.45, 2.75) is 26.3 Å². The van der Waals surface area contributed by atoms with Crippen LogP contribution in [0.2, 0.25) is 0 Å². The van der Waals surface area contributed by atoms with Crippen LogP contribution >= 0.6 is 0 Å². The average Bonchev–Trinajstić information content (AvgIpc) is 2.26. The lowest BCUT2D eigenvalue weighted by atomic mass is 9.93. The molecule has 0 spiro atoms. The summed E-state index contributed by atoms with van der Waals surface area (Å²) in [6, 6.07) is -0.649. The van der Waals surface area contributed by atoms with E-state index in [4.69, 9.17) is 10.8 Å². The average molecular weight is 264 g/mol. The summed E-state index contributed by atoms with van der Waals surface area (Å²) in [5.74, 6) is -3.65. The zero-order valence-electron chi connectivity index (χ0n) is 10.3. The van der Waals surface area contributed by atoms with Crippen molar-refractivity contribution in [3.63, 3.8) is 0 Å². The van der Waals surface area contributed by atoms with Gasteiger partial charge >= 0.3 is 5.97 Å². The second-order valence-corrected chi connectivity index (χ2v) is 4.02. The predicted octanol–water partition coefficient (Wildman–Crippen LogP) is 0.957. The third kappa shape index (κ3) is 5.72. The number of hydrogen-bond acceptors (Lipinski definition) is 3. The SMILES string of the molecule is CC[C@H](NCC(C=C(F)F)[C@@H](C)C(=O)O)C(N)=O. The van der Waals surface area contributed by atoms with Gasteiger partial charge in [-0.05, 0) is 12.5 Å². The van der Waals surface area contributed by atoms with Gasteiger partial charge < -0.3 is 16.2 Å². The molecule has 0 bridgehead atoms. The number of halogens is 2. The fraction of sp³-hybridized carbons (Fsp3) is 0.636. The largest absolute Gasteiger partial charge is 0.481 e. The third-order valence-corrected chi connectivity index (χ3v) is 2.72. The van der Waals surface area contributed by atoms with E-state index >= 15 is 0 Å². The summed E-state index contributed by atoms with van der Waals surface area (Å²) in [5, 5.41) is 11.5. The molecule has 0 fully saturated rings. The number of rotatable bonds is 8. The first-order valence-corrected chi connectivity index (χ1v) is 5.57. The fourth-order valence-electron chi connectivity index (χ4n) is 1.45. The van der Waals surface area contributed by atoms with E-state index in [1.165, 1.54) is 6.92 Å². The van der Waals surface area contributed by atoms with Crippen LogP contribution in [-0.2, 0) is 9.59 Å². The lowest BCUT2D eigenvalue weighted by Crippen LogP contribution is -2.44. The highest BCUT2D eigenvalue weighted by molar-refractivity contribution is 5.79. The summed E-state index contributed by atoms with van der Waals surface area (Å²) in [7, 11) is 0. The molecule has 18 heavy (non-hydrogen) atoms. The van der Waals surface area contributed by atoms with Gasteiger partial charge in [0.2, 0.25) is 5.91 Å². The Labute approximate surface area is 104 Å². The van der Waals surface area contributed by atoms with E-state index < -0.39 is 35.8 Å². The molecule has 0 aromatic carbocycles. The number of carboxylic acid groups (broad SMARTS) is 1. The van der Waals surface area contributed by atoms with Crippen LogP contribution in [0.5, 0.6) is 0 Å². The van der Waals surface area contributed by atoms with Crippen molar-refractivity contribution < 1.29 is 23.5 Å². The minimum atomic E-state index is -1.94. The van der Waals surface area contributed by atoms with Crippen molar-refractivity contribution in [3.05, 3.63) is 12.2 Å². The first kappa shape index (κ1) is 16.5. The maximum Gasteiger partial charge on any atom is 0.306 e. The Morgan fingerprint density at radius 1 is 1.44 bits per heavy atom. The number of primary amides is 1. The zero-order valence-corrected chi connectivity index (χ0v) is 10.3. The quantitative estimate of drug-likeness (QED) is 0.608. The van der Waals surface area contributed by atoms with E-state index in [0.29, 0.717) is 12.5 Å². The Bertz CT molecular complexity index is 330. The molecule has 1 amide bonds. The highest BCUT2D eigenvalue weighted by Crippen LogP contribution is 2.16. The number of carbonyl (C=O) groups excluding carboxylic acids is 1. The van der Waals surface area contributed by atoms with Crippen LogP contribution in [0.3, 0.4) is 0 Å². The Morgan fingerprint density at radius 3 is 2.33 bits per heavy atom. The Kier molecular flexibility index (Phi) is 7.11. The van der Waals surface area contributed by atoms with Crippen molar-refractivity contribution in [1.82, 2.24) is 5.32 Å². The van der Waals surface area contributed by atoms with Crippen LogP contribution in [0.15, 0.2) is 12.2 Å². The summed E-state index contributed by atoms with van der Waals surface area (Å²) in [5.41, 5.74) is 5.09. The maximum atomic E-state index is 12.2. The van der Waals surface area contributed by atoms with Gasteiger partial charge in [0.05, 0.1) is 12.0 Å². The number of carboxylic acids is 1. The second kappa shape index (κ2) is 7.75. The van der Waals surface area contributed by atoms with Gasteiger partial charge in [-0.1, -0.05) is 13.8 Å². The van der Waals surface area contributed by atoms with Gasteiger partial charge in [-0.3, -0.25) is 9.59 Å². The number of aliphatic carboxylic acids is 1. The van der Waals surface area contributed by atoms with Crippen molar-refractivity contribution in [2.75, 3.05) is 6.54 Å². The van der Waals surface area contributed by atoms with E-state index in [9.17, 15) is 18.4 Å². The van der Waals surface area contributed by atoms with Crippen LogP contribution in [0, 0.1) is 11.8 Å². The number of hydrogen-bond donors (Lipinski definition) is 3. The van der Waals surface area contributed by atoms with E-state index in [1.807, 2.05) is 0 Å². The molecular weight excluding hydrogens is 246 g/mol. The van der Waals surface area contributed by atoms with Gasteiger partial charge in [-0.15, -0.1) is 0 Å². The molecule has 0 heterocycles. The van der Waals surface area contributed by atoms with Crippen LogP contribution < -0.4 is 11.1 Å². The zero-order chi connectivity index (χ0) is 14.3. The molecule has 0 saturated carbocycles. The molecule has 3 atom stereocenters. The highest BCUT2D eigenvalue weighted by atomic mass is 19.3. The minimum absolute atomic E-state index is 0.0494. The van der Waals surface area contributed by atoms with Gasteiger partial charge in [0.1, 0.15) is 0 Å². The second-order valence-electron chi connectivity index (χ2n) is 4.02. The maximum absolute atomic E-state index is 12.2. The Morgan fingerprint density at radius 2 is 2.00 bits per heavy atom. The topological polar surface area (TPSA) is 92.4 Å². The van der Waals surface area contributed by atoms with Crippen molar-refractivity contribution in [1.29, 1.82) is 0 Å². The molecule has 5 nitrogen and oxygen atoms in total. The first-order valence-electron chi connectivity index (χ1n) is 5.57. The molecule has 4 N–H and O–H groups in total. The normalized spacial score (nSPS) is 15.6. The molecule has 0 aliphatic rings. The summed E-state index contributed by atoms with van der Waals surface area (Å²) in [6.45, 7) is 3.00. The van der Waals surface area contributed by atoms with Crippen LogP contribution in [0.4, 0.5) is 8.78 Å². The molecule has 0 aromatic rings. The molecule has 0 saturated heterocycles. The standard InChI is InChI=1S/C11H18F2N2O3/c1-3-8(10(14)16)15-5-7(4-9(12)13)6(2)11(17)18/h4,6-8,15H,3,5H2,1-2H3,(H2,14,16)(H,17,18)/t6-,7?,8+/m1/s1. The van der Waals surface area contributed by atoms with Gasteiger partial charge in [-0.2, -0.15) is 8.78 Å². The van der Waals surface area contributed by atoms with Crippen LogP contribution in [0.1, 0.15) is 20.3 Å². The van der Waals surface area contributed by atoms with Crippen LogP contribution in [0.25, 0.3) is 0 Å². The molecule has 0 radical (unpaired) electrons. The van der Waals surface area contributed by atoms with Crippen LogP contribution in [-0.4, -0.2) is 29.6 Å². The molecule has 0 aliphatic heterocycles. The van der Waals surface area contributed by atoms with E-state index in [-0.39, 0.29) is 6.54 Å². The predicted molar refractivity (Wildman–Crippen MR) is 61.9 cm³/mol. The number of nitrogens with one attached hydrogen (secondary N) is 1. The molecule has 0 aliphatic carbocycles. The van der Waals surface area contributed by atoms with Crippen molar-refractivity contribution in [2.24, 2.45) is 17.6 Å². The Hall–Kier alpha value is -1.50. The number of nitrogens with two attached hydrogens (primary N) is 1. The van der Waals surface area contributed by atoms with Crippen molar-refractivity contribution >= 4 is 11.9 Å². The molecule has 1 unspecified atom stereocenters. The summed E-state index contributed by atoms with van der Waals surface area (Å²) in [6.07, 6.45) is -0.952. The van der Waals surface area contributed by atoms with Gasteiger partial charge in [0.15, 0.2) is 0 Å². The molecular formula is C11H18F2N2O3. The van der Waals surface area contributed by atoms with Gasteiger partial charge in [0.25, 0.3) is 6.08 Å². The number of carbonyl (C=O) groups is 2. The molecule has 7 heteroatoms. The summed E-state index contributed by atoms with van der Waals surface area (Å²) in [4.78, 5) is 21.7. The minimum Gasteiger partial charge on any atom is -0.481 e. The fourth-order valence-corrected chi connectivity index (χ4v) is 1.45. The number of amides is 1. The van der Waals surface area contributed by atoms with Crippen molar-refractivity contribution in [3.8, 4) is 0 Å². The monoisotopic (exact) mass is 264 g/mol. The highest BCUT2D eigenvalue weighted by Gasteiger charge is 2.24. The Balaban J connectivity index is 4.65. The lowest BCUT2D eigenvalue weighted by molar-refractivity contribution is -0.142. The first-order chi connectivity index (χ1) is 8.29. The molecule has 104 valence electrons. The lowest BCUT2D eigenvalue weighted by Gasteiger charge is -2.20. The van der Waals surface area contributed by atoms with E-state index in [1.54, 1.807) is 6.92 Å². The smallest absolute Gasteiger partial charge is 0.306 e. The van der Waals surface area contributed by atoms with E-state index in [0.717, 1.165) is 0 Å². The van der Waals surface area contributed by atoms with Gasteiger partial charge in [-0.25, -0.2) is 0 Å². The molecule has 0 rings (SSSR count). The van der Waals surface area contributed by atoms with Gasteiger partial charge in [0, 0.05) is 12.5 Å². The third-order valence-electron chi connectivity index (χ3n) is 2.72. The molecule has 0 aromatic heterocycles. The van der Waals surface area contributed by atoms with E-state index in [2.05, 4.69) is 5.32 Å². The summed E-state index contributed by atoms with van der Waals surface area (Å²) >= 11 is 0. The summed E-state index contributed by atoms with van der Waals surface area (Å²) < 4.78 is 24.4.